The molecule has 0 aromatic carbocycles. The molecule has 1 unspecified atom stereocenters. The van der Waals surface area contributed by atoms with Gasteiger partial charge in [0.05, 0.1) is 5.69 Å². The second kappa shape index (κ2) is 6.24. The summed E-state index contributed by atoms with van der Waals surface area (Å²) in [6.07, 6.45) is 6.69. The van der Waals surface area contributed by atoms with Crippen LogP contribution in [0.5, 0.6) is 0 Å². The molecule has 1 aliphatic rings. The molecule has 1 atom stereocenters. The van der Waals surface area contributed by atoms with E-state index in [0.29, 0.717) is 6.04 Å². The number of hydrogen-bond donors (Lipinski definition) is 1. The summed E-state index contributed by atoms with van der Waals surface area (Å²) in [5.41, 5.74) is 4.77. The van der Waals surface area contributed by atoms with Gasteiger partial charge in [0.15, 0.2) is 0 Å². The van der Waals surface area contributed by atoms with E-state index < -0.39 is 0 Å². The number of thiazole rings is 1. The van der Waals surface area contributed by atoms with E-state index in [1.807, 2.05) is 17.5 Å². The van der Waals surface area contributed by atoms with E-state index in [1.165, 1.54) is 41.0 Å². The number of nitrogens with zero attached hydrogens (tertiary/aromatic N) is 2. The molecule has 112 valence electrons. The average Bonchev–Trinajstić information content (AvgIpc) is 2.89. The molecule has 0 saturated heterocycles. The van der Waals surface area contributed by atoms with E-state index in [-0.39, 0.29) is 0 Å². The van der Waals surface area contributed by atoms with Crippen LogP contribution < -0.4 is 5.32 Å². The second-order valence-corrected chi connectivity index (χ2v) is 6.94. The van der Waals surface area contributed by atoms with Gasteiger partial charge in [-0.1, -0.05) is 13.0 Å². The maximum Gasteiger partial charge on any atom is 0.142 e. The van der Waals surface area contributed by atoms with Gasteiger partial charge in [-0.3, -0.25) is 4.98 Å². The summed E-state index contributed by atoms with van der Waals surface area (Å²) in [7, 11) is 0. The molecule has 0 saturated carbocycles. The van der Waals surface area contributed by atoms with Crippen LogP contribution >= 0.6 is 11.3 Å². The predicted octanol–water partition coefficient (Wildman–Crippen LogP) is 4.20. The molecular formula is C17H23N3S. The lowest BCUT2D eigenvalue weighted by Gasteiger charge is -2.22. The van der Waals surface area contributed by atoms with Crippen LogP contribution in [0.1, 0.15) is 53.9 Å². The van der Waals surface area contributed by atoms with Gasteiger partial charge < -0.3 is 5.32 Å². The molecule has 0 spiro atoms. The molecule has 2 aromatic rings. The Morgan fingerprint density at radius 2 is 2.24 bits per heavy atom. The Kier molecular flexibility index (Phi) is 4.36. The fraction of sp³-hybridized carbons (Fsp3) is 0.529. The van der Waals surface area contributed by atoms with Crippen molar-refractivity contribution in [1.29, 1.82) is 0 Å². The highest BCUT2D eigenvalue weighted by atomic mass is 32.1. The van der Waals surface area contributed by atoms with Gasteiger partial charge in [0.2, 0.25) is 0 Å². The summed E-state index contributed by atoms with van der Waals surface area (Å²) in [5, 5.41) is 4.75. The monoisotopic (exact) mass is 301 g/mol. The molecule has 0 fully saturated rings. The summed E-state index contributed by atoms with van der Waals surface area (Å²) >= 11 is 1.83. The second-order valence-electron chi connectivity index (χ2n) is 5.91. The van der Waals surface area contributed by atoms with Crippen molar-refractivity contribution in [3.8, 4) is 10.7 Å². The van der Waals surface area contributed by atoms with Crippen LogP contribution in [0.15, 0.2) is 12.3 Å². The minimum absolute atomic E-state index is 0.491. The van der Waals surface area contributed by atoms with Crippen molar-refractivity contribution in [2.45, 2.75) is 52.5 Å². The summed E-state index contributed by atoms with van der Waals surface area (Å²) in [6.45, 7) is 7.51. The predicted molar refractivity (Wildman–Crippen MR) is 88.8 cm³/mol. The molecule has 0 radical (unpaired) electrons. The van der Waals surface area contributed by atoms with Crippen molar-refractivity contribution in [3.63, 3.8) is 0 Å². The lowest BCUT2D eigenvalue weighted by molar-refractivity contribution is 0.465. The van der Waals surface area contributed by atoms with E-state index in [1.54, 1.807) is 0 Å². The van der Waals surface area contributed by atoms with Gasteiger partial charge in [0, 0.05) is 17.1 Å². The van der Waals surface area contributed by atoms with E-state index in [0.717, 1.165) is 23.7 Å². The highest BCUT2D eigenvalue weighted by molar-refractivity contribution is 7.15. The fourth-order valence-electron chi connectivity index (χ4n) is 2.97. The van der Waals surface area contributed by atoms with Crippen LogP contribution in [0, 0.1) is 13.8 Å². The van der Waals surface area contributed by atoms with E-state index in [9.17, 15) is 0 Å². The quantitative estimate of drug-likeness (QED) is 0.919. The van der Waals surface area contributed by atoms with E-state index in [2.05, 4.69) is 37.1 Å². The van der Waals surface area contributed by atoms with Crippen molar-refractivity contribution in [3.05, 3.63) is 34.0 Å². The summed E-state index contributed by atoms with van der Waals surface area (Å²) in [5.74, 6) is 0. The third kappa shape index (κ3) is 3.01. The van der Waals surface area contributed by atoms with Gasteiger partial charge in [-0.05, 0) is 57.2 Å². The molecular weight excluding hydrogens is 278 g/mol. The zero-order valence-electron chi connectivity index (χ0n) is 13.1. The van der Waals surface area contributed by atoms with Crippen molar-refractivity contribution >= 4 is 11.3 Å². The lowest BCUT2D eigenvalue weighted by Crippen LogP contribution is -2.24. The smallest absolute Gasteiger partial charge is 0.142 e. The Bertz CT molecular complexity index is 633. The Balaban J connectivity index is 1.94. The van der Waals surface area contributed by atoms with E-state index in [4.69, 9.17) is 4.98 Å². The van der Waals surface area contributed by atoms with Crippen LogP contribution in [-0.2, 0) is 6.42 Å². The Morgan fingerprint density at radius 3 is 3.00 bits per heavy atom. The van der Waals surface area contributed by atoms with Gasteiger partial charge in [0.25, 0.3) is 0 Å². The van der Waals surface area contributed by atoms with Crippen LogP contribution in [-0.4, -0.2) is 16.5 Å². The van der Waals surface area contributed by atoms with Crippen LogP contribution in [0.3, 0.4) is 0 Å². The molecule has 2 heterocycles. The van der Waals surface area contributed by atoms with Crippen molar-refractivity contribution in [2.75, 3.05) is 6.54 Å². The summed E-state index contributed by atoms with van der Waals surface area (Å²) < 4.78 is 0. The molecule has 0 bridgehead atoms. The maximum absolute atomic E-state index is 4.89. The zero-order valence-corrected chi connectivity index (χ0v) is 13.9. The molecule has 4 heteroatoms. The van der Waals surface area contributed by atoms with Crippen molar-refractivity contribution in [2.24, 2.45) is 0 Å². The number of aromatic nitrogens is 2. The first-order chi connectivity index (χ1) is 10.2. The van der Waals surface area contributed by atoms with Crippen molar-refractivity contribution < 1.29 is 0 Å². The van der Waals surface area contributed by atoms with Crippen LogP contribution in [0.25, 0.3) is 10.7 Å². The molecule has 1 N–H and O–H groups in total. The van der Waals surface area contributed by atoms with Gasteiger partial charge >= 0.3 is 0 Å². The van der Waals surface area contributed by atoms with Gasteiger partial charge in [-0.2, -0.15) is 0 Å². The first-order valence-electron chi connectivity index (χ1n) is 7.85. The largest absolute Gasteiger partial charge is 0.309 e. The Morgan fingerprint density at radius 1 is 1.38 bits per heavy atom. The van der Waals surface area contributed by atoms with Crippen LogP contribution in [0.4, 0.5) is 0 Å². The third-order valence-electron chi connectivity index (χ3n) is 4.01. The first kappa shape index (κ1) is 14.7. The number of hydrogen-bond acceptors (Lipinski definition) is 4. The minimum atomic E-state index is 0.491. The zero-order chi connectivity index (χ0) is 14.8. The number of fused-ring (bicyclic) bond motifs is 1. The standard InChI is InChI=1S/C17H23N3S/c1-4-8-18-13-6-5-7-14-16(13)21-17(20-14)15-12(3)9-11(2)10-19-15/h9-10,13,18H,4-8H2,1-3H3. The topological polar surface area (TPSA) is 37.8 Å². The Hall–Kier alpha value is -1.26. The highest BCUT2D eigenvalue weighted by Crippen LogP contribution is 2.38. The maximum atomic E-state index is 4.89. The molecule has 2 aromatic heterocycles. The normalized spacial score (nSPS) is 17.8. The molecule has 1 aliphatic carbocycles. The van der Waals surface area contributed by atoms with Gasteiger partial charge in [-0.25, -0.2) is 4.98 Å². The molecule has 3 nitrogen and oxygen atoms in total. The SMILES string of the molecule is CCCNC1CCCc2nc(-c3ncc(C)cc3C)sc21. The highest BCUT2D eigenvalue weighted by Gasteiger charge is 2.25. The third-order valence-corrected chi connectivity index (χ3v) is 5.23. The number of aryl methyl sites for hydroxylation is 3. The lowest BCUT2D eigenvalue weighted by atomic mass is 9.98. The molecule has 3 rings (SSSR count). The van der Waals surface area contributed by atoms with Gasteiger partial charge in [-0.15, -0.1) is 11.3 Å². The first-order valence-corrected chi connectivity index (χ1v) is 8.67. The number of nitrogens with one attached hydrogen (secondary N) is 1. The minimum Gasteiger partial charge on any atom is -0.309 e. The van der Waals surface area contributed by atoms with Gasteiger partial charge in [0.1, 0.15) is 10.7 Å². The van der Waals surface area contributed by atoms with E-state index >= 15 is 0 Å². The molecule has 0 amide bonds. The molecule has 0 aliphatic heterocycles. The summed E-state index contributed by atoms with van der Waals surface area (Å²) in [6, 6.07) is 2.68. The fourth-order valence-corrected chi connectivity index (χ4v) is 4.26. The number of rotatable bonds is 4. The summed E-state index contributed by atoms with van der Waals surface area (Å²) in [4.78, 5) is 10.9. The van der Waals surface area contributed by atoms with Crippen LogP contribution in [0.2, 0.25) is 0 Å². The Labute approximate surface area is 130 Å². The average molecular weight is 301 g/mol. The number of pyridine rings is 1. The van der Waals surface area contributed by atoms with Crippen molar-refractivity contribution in [1.82, 2.24) is 15.3 Å². The molecule has 21 heavy (non-hydrogen) atoms.